The van der Waals surface area contributed by atoms with Gasteiger partial charge in [-0.1, -0.05) is 24.3 Å². The van der Waals surface area contributed by atoms with Crippen LogP contribution in [0.1, 0.15) is 0 Å². The molecule has 0 aromatic carbocycles. The van der Waals surface area contributed by atoms with Gasteiger partial charge in [-0.05, 0) is 5.57 Å². The molecule has 2 aliphatic rings. The lowest BCUT2D eigenvalue weighted by molar-refractivity contribution is 1.62. The van der Waals surface area contributed by atoms with Crippen molar-refractivity contribution in [3.8, 4) is 0 Å². The van der Waals surface area contributed by atoms with Gasteiger partial charge < -0.3 is 0 Å². The molecule has 1 aliphatic heterocycles. The van der Waals surface area contributed by atoms with Crippen LogP contribution in [-0.4, -0.2) is 10.8 Å². The molecule has 0 aromatic rings. The summed E-state index contributed by atoms with van der Waals surface area (Å²) in [7, 11) is 0. The molecule has 1 heterocycles. The molecule has 0 unspecified atom stereocenters. The zero-order valence-corrected chi connectivity index (χ0v) is 7.17. The van der Waals surface area contributed by atoms with E-state index in [1.54, 1.807) is 4.91 Å². The fraction of sp³-hybridized carbons (Fsp3) is 0.250. The Morgan fingerprint density at radius 1 is 1.20 bits per heavy atom. The molecule has 1 aliphatic carbocycles. The van der Waals surface area contributed by atoms with Crippen molar-refractivity contribution < 1.29 is 0 Å². The molecule has 1 saturated heterocycles. The first-order chi connectivity index (χ1) is 4.97. The first-order valence-corrected chi connectivity index (χ1v) is 5.39. The number of thioether (sulfide) groups is 2. The normalized spacial score (nSPS) is 23.2. The third kappa shape index (κ3) is 1.18. The Kier molecular flexibility index (Phi) is 1.91. The van der Waals surface area contributed by atoms with Crippen LogP contribution in [0.3, 0.4) is 0 Å². The Morgan fingerprint density at radius 2 is 2.00 bits per heavy atom. The molecule has 2 rings (SSSR count). The Balaban J connectivity index is 2.26. The van der Waals surface area contributed by atoms with Crippen molar-refractivity contribution >= 4 is 23.5 Å². The summed E-state index contributed by atoms with van der Waals surface area (Å²) in [6.07, 6.45) is 8.58. The van der Waals surface area contributed by atoms with Gasteiger partial charge in [-0.25, -0.2) is 0 Å². The van der Waals surface area contributed by atoms with Crippen LogP contribution >= 0.6 is 23.5 Å². The lowest BCUT2D eigenvalue weighted by Crippen LogP contribution is -1.77. The van der Waals surface area contributed by atoms with Gasteiger partial charge in [-0.15, -0.1) is 23.5 Å². The summed E-state index contributed by atoms with van der Waals surface area (Å²) in [4.78, 5) is 1.55. The Labute approximate surface area is 69.5 Å². The summed E-state index contributed by atoms with van der Waals surface area (Å²) in [6, 6.07) is 0. The van der Waals surface area contributed by atoms with E-state index in [9.17, 15) is 0 Å². The van der Waals surface area contributed by atoms with Crippen LogP contribution in [-0.2, 0) is 0 Å². The van der Waals surface area contributed by atoms with Gasteiger partial charge >= 0.3 is 0 Å². The van der Waals surface area contributed by atoms with E-state index < -0.39 is 0 Å². The maximum Gasteiger partial charge on any atom is 0.0440 e. The van der Waals surface area contributed by atoms with Crippen LogP contribution in [0.25, 0.3) is 0 Å². The Bertz CT molecular complexity index is 201. The highest BCUT2D eigenvalue weighted by atomic mass is 32.2. The van der Waals surface area contributed by atoms with Gasteiger partial charge in [0.15, 0.2) is 0 Å². The molecular formula is C8H8S2. The summed E-state index contributed by atoms with van der Waals surface area (Å²) in [5.41, 5.74) is 1.43. The molecule has 0 aromatic heterocycles. The molecule has 0 bridgehead atoms. The highest BCUT2D eigenvalue weighted by Crippen LogP contribution is 2.36. The zero-order valence-electron chi connectivity index (χ0n) is 5.54. The maximum atomic E-state index is 2.19. The van der Waals surface area contributed by atoms with Crippen molar-refractivity contribution in [1.29, 1.82) is 0 Å². The number of allylic oxidation sites excluding steroid dienone is 5. The molecule has 1 fully saturated rings. The quantitative estimate of drug-likeness (QED) is 0.545. The third-order valence-electron chi connectivity index (χ3n) is 1.53. The smallest absolute Gasteiger partial charge is 0.0440 e. The lowest BCUT2D eigenvalue weighted by atomic mass is 10.3. The number of hydrogen-bond acceptors (Lipinski definition) is 2. The van der Waals surface area contributed by atoms with Gasteiger partial charge in [-0.2, -0.15) is 0 Å². The SMILES string of the molecule is C1=CC(=C2CSCS2)C=C1. The van der Waals surface area contributed by atoms with Crippen LogP contribution in [0.2, 0.25) is 0 Å². The van der Waals surface area contributed by atoms with E-state index >= 15 is 0 Å². The molecular weight excluding hydrogens is 160 g/mol. The second kappa shape index (κ2) is 2.89. The van der Waals surface area contributed by atoms with Gasteiger partial charge in [0, 0.05) is 15.7 Å². The third-order valence-corrected chi connectivity index (χ3v) is 4.08. The van der Waals surface area contributed by atoms with E-state index in [0.717, 1.165) is 0 Å². The number of rotatable bonds is 0. The van der Waals surface area contributed by atoms with E-state index in [1.807, 2.05) is 23.5 Å². The predicted molar refractivity (Wildman–Crippen MR) is 50.2 cm³/mol. The highest BCUT2D eigenvalue weighted by molar-refractivity contribution is 8.21. The van der Waals surface area contributed by atoms with Crippen molar-refractivity contribution in [3.05, 3.63) is 34.8 Å². The Hall–Kier alpha value is -0.0800. The molecule has 0 N–H and O–H groups in total. The lowest BCUT2D eigenvalue weighted by Gasteiger charge is -1.94. The van der Waals surface area contributed by atoms with Crippen LogP contribution < -0.4 is 0 Å². The van der Waals surface area contributed by atoms with Gasteiger partial charge in [0.2, 0.25) is 0 Å². The minimum atomic E-state index is 1.22. The average Bonchev–Trinajstić information content (AvgIpc) is 2.59. The monoisotopic (exact) mass is 168 g/mol. The van der Waals surface area contributed by atoms with E-state index in [1.165, 1.54) is 16.4 Å². The minimum Gasteiger partial charge on any atom is -0.145 e. The maximum absolute atomic E-state index is 2.19. The van der Waals surface area contributed by atoms with Crippen LogP contribution in [0.15, 0.2) is 34.8 Å². The van der Waals surface area contributed by atoms with Crippen LogP contribution in [0.4, 0.5) is 0 Å². The highest BCUT2D eigenvalue weighted by Gasteiger charge is 2.10. The van der Waals surface area contributed by atoms with Gasteiger partial charge in [0.1, 0.15) is 0 Å². The first-order valence-electron chi connectivity index (χ1n) is 3.25. The van der Waals surface area contributed by atoms with Gasteiger partial charge in [0.25, 0.3) is 0 Å². The molecule has 52 valence electrons. The molecule has 0 amide bonds. The molecule has 0 spiro atoms. The second-order valence-electron chi connectivity index (χ2n) is 2.21. The van der Waals surface area contributed by atoms with Crippen molar-refractivity contribution in [2.75, 3.05) is 10.8 Å². The van der Waals surface area contributed by atoms with E-state index in [0.29, 0.717) is 0 Å². The first kappa shape index (κ1) is 6.62. The second-order valence-corrected chi connectivity index (χ2v) is 4.63. The van der Waals surface area contributed by atoms with Gasteiger partial charge in [0.05, 0.1) is 0 Å². The minimum absolute atomic E-state index is 1.22. The summed E-state index contributed by atoms with van der Waals surface area (Å²) in [6.45, 7) is 0. The standard InChI is InChI=1S/C8H8S2/c1-2-4-7(3-1)8-5-9-6-10-8/h1-4H,5-6H2. The molecule has 0 nitrogen and oxygen atoms in total. The topological polar surface area (TPSA) is 0 Å². The van der Waals surface area contributed by atoms with Crippen molar-refractivity contribution in [2.24, 2.45) is 0 Å². The van der Waals surface area contributed by atoms with Crippen LogP contribution in [0.5, 0.6) is 0 Å². The van der Waals surface area contributed by atoms with Crippen molar-refractivity contribution in [2.45, 2.75) is 0 Å². The van der Waals surface area contributed by atoms with E-state index in [4.69, 9.17) is 0 Å². The molecule has 0 radical (unpaired) electrons. The van der Waals surface area contributed by atoms with Crippen molar-refractivity contribution in [3.63, 3.8) is 0 Å². The molecule has 0 saturated carbocycles. The molecule has 2 heteroatoms. The Morgan fingerprint density at radius 3 is 2.60 bits per heavy atom. The summed E-state index contributed by atoms with van der Waals surface area (Å²) in [5, 5.41) is 1.24. The summed E-state index contributed by atoms with van der Waals surface area (Å²) < 4.78 is 0. The summed E-state index contributed by atoms with van der Waals surface area (Å²) in [5.74, 6) is 1.22. The van der Waals surface area contributed by atoms with Gasteiger partial charge in [-0.3, -0.25) is 0 Å². The fourth-order valence-corrected chi connectivity index (χ4v) is 3.49. The molecule has 10 heavy (non-hydrogen) atoms. The summed E-state index contributed by atoms with van der Waals surface area (Å²) >= 11 is 3.99. The fourth-order valence-electron chi connectivity index (χ4n) is 1.02. The van der Waals surface area contributed by atoms with Crippen LogP contribution in [0, 0.1) is 0 Å². The largest absolute Gasteiger partial charge is 0.145 e. The average molecular weight is 168 g/mol. The zero-order chi connectivity index (χ0) is 6.81. The van der Waals surface area contributed by atoms with E-state index in [-0.39, 0.29) is 0 Å². The van der Waals surface area contributed by atoms with Crippen molar-refractivity contribution in [1.82, 2.24) is 0 Å². The van der Waals surface area contributed by atoms with E-state index in [2.05, 4.69) is 24.3 Å². The number of hydrogen-bond donors (Lipinski definition) is 0. The molecule has 0 atom stereocenters. The predicted octanol–water partition coefficient (Wildman–Crippen LogP) is 2.80.